The molecule has 0 aromatic heterocycles. The van der Waals surface area contributed by atoms with E-state index in [-0.39, 0.29) is 0 Å². The van der Waals surface area contributed by atoms with Gasteiger partial charge in [0, 0.05) is 0 Å². The predicted molar refractivity (Wildman–Crippen MR) is 110 cm³/mol. The van der Waals surface area contributed by atoms with Crippen LogP contribution in [0.25, 0.3) is 0 Å². The maximum absolute atomic E-state index is 5.53. The van der Waals surface area contributed by atoms with Crippen molar-refractivity contribution in [3.8, 4) is 0 Å². The van der Waals surface area contributed by atoms with Crippen molar-refractivity contribution in [1.29, 1.82) is 0 Å². The maximum Gasteiger partial charge on any atom is -0.00773 e. The molecule has 2 atom stereocenters. The van der Waals surface area contributed by atoms with Gasteiger partial charge in [0.2, 0.25) is 0 Å². The summed E-state index contributed by atoms with van der Waals surface area (Å²) >= 11 is 0. The second-order valence-electron chi connectivity index (χ2n) is 8.19. The van der Waals surface area contributed by atoms with Crippen molar-refractivity contribution in [3.05, 3.63) is 0 Å². The van der Waals surface area contributed by atoms with E-state index in [0.717, 1.165) is 24.9 Å². The molecule has 0 heterocycles. The first-order chi connectivity index (χ1) is 11.7. The molecule has 0 aliphatic rings. The van der Waals surface area contributed by atoms with Gasteiger partial charge >= 0.3 is 0 Å². The van der Waals surface area contributed by atoms with Crippen LogP contribution < -0.4 is 11.5 Å². The number of hydrogen-bond donors (Lipinski definition) is 2. The van der Waals surface area contributed by atoms with E-state index in [0.29, 0.717) is 0 Å². The number of nitrogens with two attached hydrogens (primary N) is 2. The molecular formula is C22H48N2. The van der Waals surface area contributed by atoms with E-state index in [2.05, 4.69) is 13.8 Å². The van der Waals surface area contributed by atoms with E-state index in [1.54, 1.807) is 0 Å². The molecule has 146 valence electrons. The van der Waals surface area contributed by atoms with Crippen molar-refractivity contribution < 1.29 is 0 Å². The first-order valence-corrected chi connectivity index (χ1v) is 11.1. The average molecular weight is 341 g/mol. The third kappa shape index (κ3) is 18.3. The van der Waals surface area contributed by atoms with Gasteiger partial charge in [-0.15, -0.1) is 0 Å². The highest BCUT2D eigenvalue weighted by molar-refractivity contribution is 4.60. The molecule has 2 nitrogen and oxygen atoms in total. The molecule has 2 unspecified atom stereocenters. The zero-order valence-corrected chi connectivity index (χ0v) is 17.0. The minimum Gasteiger partial charge on any atom is -0.330 e. The summed E-state index contributed by atoms with van der Waals surface area (Å²) in [4.78, 5) is 0. The minimum absolute atomic E-state index is 0.865. The summed E-state index contributed by atoms with van der Waals surface area (Å²) < 4.78 is 0. The summed E-state index contributed by atoms with van der Waals surface area (Å²) in [5.41, 5.74) is 11.1. The number of unbranched alkanes of at least 4 members (excludes halogenated alkanes) is 10. The highest BCUT2D eigenvalue weighted by atomic mass is 14.5. The molecule has 0 aromatic carbocycles. The molecule has 0 spiro atoms. The van der Waals surface area contributed by atoms with Crippen LogP contribution in [0.1, 0.15) is 117 Å². The van der Waals surface area contributed by atoms with Gasteiger partial charge in [-0.25, -0.2) is 0 Å². The van der Waals surface area contributed by atoms with Crippen LogP contribution >= 0.6 is 0 Å². The molecule has 0 saturated carbocycles. The molecule has 0 bridgehead atoms. The van der Waals surface area contributed by atoms with Gasteiger partial charge in [0.05, 0.1) is 0 Å². The summed E-state index contributed by atoms with van der Waals surface area (Å²) in [5.74, 6) is 1.85. The van der Waals surface area contributed by atoms with E-state index in [4.69, 9.17) is 11.5 Å². The van der Waals surface area contributed by atoms with Crippen molar-refractivity contribution >= 4 is 0 Å². The Hall–Kier alpha value is -0.0800. The lowest BCUT2D eigenvalue weighted by Crippen LogP contribution is -2.01. The van der Waals surface area contributed by atoms with Crippen LogP contribution in [0.15, 0.2) is 0 Å². The minimum atomic E-state index is 0.865. The fourth-order valence-electron chi connectivity index (χ4n) is 3.55. The second kappa shape index (κ2) is 19.2. The number of rotatable bonds is 19. The predicted octanol–water partition coefficient (Wildman–Crippen LogP) is 6.42. The molecule has 4 N–H and O–H groups in total. The third-order valence-corrected chi connectivity index (χ3v) is 5.45. The zero-order valence-electron chi connectivity index (χ0n) is 17.0. The monoisotopic (exact) mass is 340 g/mol. The van der Waals surface area contributed by atoms with Crippen LogP contribution in [-0.2, 0) is 0 Å². The Labute approximate surface area is 153 Å². The Morgan fingerprint density at radius 2 is 0.708 bits per heavy atom. The van der Waals surface area contributed by atoms with Crippen LogP contribution in [0.3, 0.4) is 0 Å². The van der Waals surface area contributed by atoms with Gasteiger partial charge in [0.1, 0.15) is 0 Å². The first kappa shape index (κ1) is 23.9. The number of hydrogen-bond acceptors (Lipinski definition) is 2. The van der Waals surface area contributed by atoms with Gasteiger partial charge in [-0.2, -0.15) is 0 Å². The van der Waals surface area contributed by atoms with Crippen molar-refractivity contribution in [3.63, 3.8) is 0 Å². The zero-order chi connectivity index (χ0) is 17.9. The molecule has 0 radical (unpaired) electrons. The Balaban J connectivity index is 3.31. The Morgan fingerprint density at radius 1 is 0.417 bits per heavy atom. The largest absolute Gasteiger partial charge is 0.330 e. The lowest BCUT2D eigenvalue weighted by molar-refractivity contribution is 0.377. The van der Waals surface area contributed by atoms with Crippen LogP contribution in [0.5, 0.6) is 0 Å². The van der Waals surface area contributed by atoms with Gasteiger partial charge in [0.15, 0.2) is 0 Å². The Bertz CT molecular complexity index is 206. The van der Waals surface area contributed by atoms with Crippen molar-refractivity contribution in [1.82, 2.24) is 0 Å². The summed E-state index contributed by atoms with van der Waals surface area (Å²) in [7, 11) is 0. The molecule has 0 aliphatic heterocycles. The lowest BCUT2D eigenvalue weighted by Gasteiger charge is -2.15. The summed E-state index contributed by atoms with van der Waals surface area (Å²) in [6.45, 7) is 6.64. The lowest BCUT2D eigenvalue weighted by atomic mass is 9.91. The van der Waals surface area contributed by atoms with Gasteiger partial charge in [-0.3, -0.25) is 0 Å². The topological polar surface area (TPSA) is 52.0 Å². The molecule has 0 aromatic rings. The van der Waals surface area contributed by atoms with Crippen molar-refractivity contribution in [2.45, 2.75) is 117 Å². The third-order valence-electron chi connectivity index (χ3n) is 5.45. The van der Waals surface area contributed by atoms with Crippen molar-refractivity contribution in [2.75, 3.05) is 13.1 Å². The van der Waals surface area contributed by atoms with E-state index in [9.17, 15) is 0 Å². The summed E-state index contributed by atoms with van der Waals surface area (Å²) in [6.07, 6.45) is 22.1. The van der Waals surface area contributed by atoms with E-state index >= 15 is 0 Å². The van der Waals surface area contributed by atoms with Gasteiger partial charge < -0.3 is 11.5 Å². The smallest absolute Gasteiger partial charge is 0.00773 e. The first-order valence-electron chi connectivity index (χ1n) is 11.1. The quantitative estimate of drug-likeness (QED) is 0.267. The molecule has 0 fully saturated rings. The van der Waals surface area contributed by atoms with Crippen molar-refractivity contribution in [2.24, 2.45) is 23.3 Å². The van der Waals surface area contributed by atoms with E-state index in [1.165, 1.54) is 103 Å². The molecule has 0 aliphatic carbocycles. The normalized spacial score (nSPS) is 14.0. The fraction of sp³-hybridized carbons (Fsp3) is 1.00. The fourth-order valence-corrected chi connectivity index (χ4v) is 3.55. The summed E-state index contributed by atoms with van der Waals surface area (Å²) in [6, 6.07) is 0. The van der Waals surface area contributed by atoms with Crippen LogP contribution in [0.4, 0.5) is 0 Å². The average Bonchev–Trinajstić information content (AvgIpc) is 2.58. The SMILES string of the molecule is CC(CCCCCCCCN)CCC(C)CCCCCCCCN. The van der Waals surface area contributed by atoms with Gasteiger partial charge in [-0.05, 0) is 37.8 Å². The highest BCUT2D eigenvalue weighted by Crippen LogP contribution is 2.22. The maximum atomic E-state index is 5.53. The Morgan fingerprint density at radius 3 is 1.04 bits per heavy atom. The van der Waals surface area contributed by atoms with E-state index < -0.39 is 0 Å². The van der Waals surface area contributed by atoms with Gasteiger partial charge in [-0.1, -0.05) is 104 Å². The van der Waals surface area contributed by atoms with Crippen LogP contribution in [0.2, 0.25) is 0 Å². The molecule has 24 heavy (non-hydrogen) atoms. The molecule has 0 rings (SSSR count). The molecule has 0 saturated heterocycles. The van der Waals surface area contributed by atoms with Gasteiger partial charge in [0.25, 0.3) is 0 Å². The molecular weight excluding hydrogens is 292 g/mol. The van der Waals surface area contributed by atoms with Crippen LogP contribution in [0, 0.1) is 11.8 Å². The standard InChI is InChI=1S/C22H48N2/c1-21(15-11-7-3-5-9-13-19-23)17-18-22(2)16-12-8-4-6-10-14-20-24/h21-22H,3-20,23-24H2,1-2H3. The Kier molecular flexibility index (Phi) is 19.2. The van der Waals surface area contributed by atoms with E-state index in [1.807, 2.05) is 0 Å². The molecule has 2 heteroatoms. The second-order valence-corrected chi connectivity index (χ2v) is 8.19. The molecule has 0 amide bonds. The summed E-state index contributed by atoms with van der Waals surface area (Å²) in [5, 5.41) is 0. The van der Waals surface area contributed by atoms with Crippen LogP contribution in [-0.4, -0.2) is 13.1 Å². The highest BCUT2D eigenvalue weighted by Gasteiger charge is 2.07.